The molecule has 0 aliphatic carbocycles. The Balaban J connectivity index is 1.47. The first-order chi connectivity index (χ1) is 12.6. The van der Waals surface area contributed by atoms with Gasteiger partial charge in [-0.2, -0.15) is 0 Å². The van der Waals surface area contributed by atoms with Gasteiger partial charge in [0, 0.05) is 38.6 Å². The van der Waals surface area contributed by atoms with E-state index >= 15 is 0 Å². The van der Waals surface area contributed by atoms with Crippen LogP contribution in [-0.4, -0.2) is 70.4 Å². The second-order valence-corrected chi connectivity index (χ2v) is 7.12. The molecule has 0 spiro atoms. The fourth-order valence-electron chi connectivity index (χ4n) is 3.75. The summed E-state index contributed by atoms with van der Waals surface area (Å²) in [5, 5.41) is 0. The molecule has 2 aliphatic heterocycles. The third kappa shape index (κ3) is 3.31. The molecule has 1 atom stereocenters. The van der Waals surface area contributed by atoms with E-state index < -0.39 is 0 Å². The molecule has 2 aromatic heterocycles. The van der Waals surface area contributed by atoms with Crippen molar-refractivity contribution in [3.63, 3.8) is 0 Å². The van der Waals surface area contributed by atoms with E-state index in [4.69, 9.17) is 4.74 Å². The number of aromatic nitrogens is 2. The zero-order valence-electron chi connectivity index (χ0n) is 15.1. The molecule has 0 N–H and O–H groups in total. The van der Waals surface area contributed by atoms with Gasteiger partial charge in [-0.1, -0.05) is 0 Å². The Morgan fingerprint density at radius 1 is 1.19 bits per heavy atom. The predicted molar refractivity (Wildman–Crippen MR) is 96.0 cm³/mol. The molecule has 0 unspecified atom stereocenters. The Hall–Kier alpha value is -2.41. The van der Waals surface area contributed by atoms with Crippen molar-refractivity contribution in [3.05, 3.63) is 35.8 Å². The largest absolute Gasteiger partial charge is 0.378 e. The van der Waals surface area contributed by atoms with Crippen LogP contribution in [-0.2, 0) is 9.53 Å². The van der Waals surface area contributed by atoms with E-state index in [0.29, 0.717) is 45.1 Å². The molecule has 4 rings (SSSR count). The average molecular weight is 356 g/mol. The van der Waals surface area contributed by atoms with Crippen molar-refractivity contribution in [2.45, 2.75) is 19.8 Å². The molecule has 26 heavy (non-hydrogen) atoms. The zero-order valence-corrected chi connectivity index (χ0v) is 15.1. The van der Waals surface area contributed by atoms with E-state index in [2.05, 4.69) is 4.98 Å². The number of rotatable bonds is 2. The van der Waals surface area contributed by atoms with Crippen LogP contribution >= 0.6 is 0 Å². The molecule has 2 saturated heterocycles. The lowest BCUT2D eigenvalue weighted by Gasteiger charge is -2.36. The van der Waals surface area contributed by atoms with Gasteiger partial charge in [0.25, 0.3) is 5.91 Å². The second-order valence-electron chi connectivity index (χ2n) is 7.12. The van der Waals surface area contributed by atoms with Crippen LogP contribution in [0.5, 0.6) is 0 Å². The van der Waals surface area contributed by atoms with Crippen molar-refractivity contribution in [2.75, 3.05) is 39.4 Å². The van der Waals surface area contributed by atoms with Gasteiger partial charge in [-0.25, -0.2) is 4.98 Å². The minimum Gasteiger partial charge on any atom is -0.378 e. The highest BCUT2D eigenvalue weighted by molar-refractivity contribution is 5.93. The quantitative estimate of drug-likeness (QED) is 0.815. The zero-order chi connectivity index (χ0) is 18.1. The highest BCUT2D eigenvalue weighted by atomic mass is 16.5. The summed E-state index contributed by atoms with van der Waals surface area (Å²) in [6, 6.07) is 3.94. The van der Waals surface area contributed by atoms with Crippen molar-refractivity contribution in [1.29, 1.82) is 0 Å². The van der Waals surface area contributed by atoms with E-state index in [1.807, 2.05) is 34.6 Å². The van der Waals surface area contributed by atoms with Crippen LogP contribution in [0.4, 0.5) is 0 Å². The maximum absolute atomic E-state index is 12.9. The number of carbonyl (C=O) groups is 2. The van der Waals surface area contributed by atoms with Gasteiger partial charge >= 0.3 is 0 Å². The lowest BCUT2D eigenvalue weighted by atomic mass is 9.96. The highest BCUT2D eigenvalue weighted by Crippen LogP contribution is 2.21. The van der Waals surface area contributed by atoms with Crippen LogP contribution in [0.2, 0.25) is 0 Å². The summed E-state index contributed by atoms with van der Waals surface area (Å²) < 4.78 is 7.18. The number of pyridine rings is 1. The van der Waals surface area contributed by atoms with Gasteiger partial charge in [-0.15, -0.1) is 0 Å². The number of morpholine rings is 1. The Labute approximate surface area is 152 Å². The second kappa shape index (κ2) is 7.07. The number of imidazole rings is 1. The van der Waals surface area contributed by atoms with Crippen molar-refractivity contribution in [1.82, 2.24) is 19.2 Å². The van der Waals surface area contributed by atoms with E-state index in [1.54, 1.807) is 11.1 Å². The minimum atomic E-state index is -0.120. The fourth-order valence-corrected chi connectivity index (χ4v) is 3.75. The Morgan fingerprint density at radius 3 is 2.81 bits per heavy atom. The molecule has 0 radical (unpaired) electrons. The summed E-state index contributed by atoms with van der Waals surface area (Å²) in [5.74, 6) is -0.0627. The topological polar surface area (TPSA) is 67.2 Å². The summed E-state index contributed by atoms with van der Waals surface area (Å²) in [7, 11) is 0. The van der Waals surface area contributed by atoms with Gasteiger partial charge < -0.3 is 18.9 Å². The summed E-state index contributed by atoms with van der Waals surface area (Å²) in [6.45, 7) is 5.65. The number of hydrogen-bond acceptors (Lipinski definition) is 4. The van der Waals surface area contributed by atoms with E-state index in [0.717, 1.165) is 24.1 Å². The maximum atomic E-state index is 12.9. The van der Waals surface area contributed by atoms with Crippen molar-refractivity contribution < 1.29 is 14.3 Å². The molecule has 2 aliphatic rings. The van der Waals surface area contributed by atoms with Gasteiger partial charge in [0.15, 0.2) is 0 Å². The monoisotopic (exact) mass is 356 g/mol. The van der Waals surface area contributed by atoms with Gasteiger partial charge in [-0.3, -0.25) is 9.59 Å². The van der Waals surface area contributed by atoms with Crippen LogP contribution in [0.3, 0.4) is 0 Å². The number of fused-ring (bicyclic) bond motifs is 1. The molecule has 2 fully saturated rings. The summed E-state index contributed by atoms with van der Waals surface area (Å²) in [4.78, 5) is 33.8. The highest BCUT2D eigenvalue weighted by Gasteiger charge is 2.32. The molecule has 2 aromatic rings. The van der Waals surface area contributed by atoms with Gasteiger partial charge in [0.1, 0.15) is 11.3 Å². The third-order valence-electron chi connectivity index (χ3n) is 5.22. The van der Waals surface area contributed by atoms with Crippen LogP contribution in [0.1, 0.15) is 28.9 Å². The standard InChI is InChI=1S/C19H24N4O3/c1-14-4-6-22-13-16(20-17(22)11-14)19(25)23-5-2-3-15(12-23)18(24)21-7-9-26-10-8-21/h4,6,11,13,15H,2-3,5,7-10,12H2,1H3/t15-/m1/s1. The first-order valence-corrected chi connectivity index (χ1v) is 9.23. The van der Waals surface area contributed by atoms with Gasteiger partial charge in [0.2, 0.25) is 5.91 Å². The number of hydrogen-bond donors (Lipinski definition) is 0. The van der Waals surface area contributed by atoms with Crippen LogP contribution < -0.4 is 0 Å². The summed E-state index contributed by atoms with van der Waals surface area (Å²) >= 11 is 0. The molecule has 7 nitrogen and oxygen atoms in total. The number of ether oxygens (including phenoxy) is 1. The first kappa shape index (κ1) is 17.0. The number of carbonyl (C=O) groups excluding carboxylic acids is 2. The molecule has 7 heteroatoms. The Bertz CT molecular complexity index is 825. The van der Waals surface area contributed by atoms with Crippen LogP contribution in [0.25, 0.3) is 5.65 Å². The summed E-state index contributed by atoms with van der Waals surface area (Å²) in [6.07, 6.45) is 5.36. The molecule has 0 saturated carbocycles. The molecule has 0 aromatic carbocycles. The van der Waals surface area contributed by atoms with Gasteiger partial charge in [-0.05, 0) is 37.5 Å². The van der Waals surface area contributed by atoms with Crippen LogP contribution in [0.15, 0.2) is 24.5 Å². The van der Waals surface area contributed by atoms with Crippen molar-refractivity contribution in [3.8, 4) is 0 Å². The van der Waals surface area contributed by atoms with E-state index in [-0.39, 0.29) is 17.7 Å². The third-order valence-corrected chi connectivity index (χ3v) is 5.22. The van der Waals surface area contributed by atoms with E-state index in [9.17, 15) is 9.59 Å². The number of amides is 2. The molecule has 0 bridgehead atoms. The summed E-state index contributed by atoms with van der Waals surface area (Å²) in [5.41, 5.74) is 2.32. The first-order valence-electron chi connectivity index (χ1n) is 9.23. The lowest BCUT2D eigenvalue weighted by Crippen LogP contribution is -2.49. The number of aryl methyl sites for hydroxylation is 1. The van der Waals surface area contributed by atoms with Gasteiger partial charge in [0.05, 0.1) is 19.1 Å². The predicted octanol–water partition coefficient (Wildman–Crippen LogP) is 1.35. The molecule has 2 amide bonds. The number of nitrogens with zero attached hydrogens (tertiary/aromatic N) is 4. The molecular weight excluding hydrogens is 332 g/mol. The van der Waals surface area contributed by atoms with Crippen molar-refractivity contribution >= 4 is 17.5 Å². The Kier molecular flexibility index (Phi) is 4.63. The van der Waals surface area contributed by atoms with Crippen molar-refractivity contribution in [2.24, 2.45) is 5.92 Å². The SMILES string of the molecule is Cc1ccn2cc(C(=O)N3CCC[C@@H](C(=O)N4CCOCC4)C3)nc2c1. The molecule has 4 heterocycles. The average Bonchev–Trinajstić information content (AvgIpc) is 3.10. The number of likely N-dealkylation sites (tertiary alicyclic amines) is 1. The normalized spacial score (nSPS) is 21.2. The Morgan fingerprint density at radius 2 is 2.00 bits per heavy atom. The fraction of sp³-hybridized carbons (Fsp3) is 0.526. The van der Waals surface area contributed by atoms with E-state index in [1.165, 1.54) is 0 Å². The number of piperidine rings is 1. The molecule has 138 valence electrons. The molecular formula is C19H24N4O3. The maximum Gasteiger partial charge on any atom is 0.274 e. The lowest BCUT2D eigenvalue weighted by molar-refractivity contribution is -0.141. The smallest absolute Gasteiger partial charge is 0.274 e. The minimum absolute atomic E-state index is 0.0918. The van der Waals surface area contributed by atoms with Crippen LogP contribution in [0, 0.1) is 12.8 Å².